The van der Waals surface area contributed by atoms with E-state index in [-0.39, 0.29) is 6.03 Å². The van der Waals surface area contributed by atoms with E-state index in [2.05, 4.69) is 49.5 Å². The Labute approximate surface area is 151 Å². The quantitative estimate of drug-likeness (QED) is 0.668. The third-order valence-electron chi connectivity index (χ3n) is 3.96. The van der Waals surface area contributed by atoms with Gasteiger partial charge < -0.3 is 10.2 Å². The monoisotopic (exact) mass is 336 g/mol. The summed E-state index contributed by atoms with van der Waals surface area (Å²) in [7, 11) is 0. The summed E-state index contributed by atoms with van der Waals surface area (Å²) >= 11 is 0. The minimum atomic E-state index is -0.00175. The maximum atomic E-state index is 12.6. The van der Waals surface area contributed by atoms with E-state index in [0.717, 1.165) is 36.1 Å². The summed E-state index contributed by atoms with van der Waals surface area (Å²) < 4.78 is 0. The van der Waals surface area contributed by atoms with Crippen LogP contribution in [-0.4, -0.2) is 24.0 Å². The smallest absolute Gasteiger partial charge is 0.317 e. The highest BCUT2D eigenvalue weighted by molar-refractivity contribution is 5.74. The molecule has 0 heterocycles. The molecule has 0 spiro atoms. The molecule has 0 atom stereocenters. The van der Waals surface area contributed by atoms with Crippen molar-refractivity contribution < 1.29 is 4.79 Å². The lowest BCUT2D eigenvalue weighted by Gasteiger charge is -2.24. The van der Waals surface area contributed by atoms with Gasteiger partial charge in [0.05, 0.1) is 0 Å². The Kier molecular flexibility index (Phi) is 7.77. The van der Waals surface area contributed by atoms with Crippen molar-refractivity contribution in [1.29, 1.82) is 0 Å². The van der Waals surface area contributed by atoms with Gasteiger partial charge in [0.1, 0.15) is 0 Å². The summed E-state index contributed by atoms with van der Waals surface area (Å²) in [5.74, 6) is 0. The van der Waals surface area contributed by atoms with Crippen LogP contribution in [-0.2, 0) is 6.54 Å². The van der Waals surface area contributed by atoms with E-state index >= 15 is 0 Å². The molecule has 3 nitrogen and oxygen atoms in total. The fraction of sp³-hybridized carbons (Fsp3) is 0.318. The Hall–Kier alpha value is -2.55. The first kappa shape index (κ1) is 18.8. The zero-order chi connectivity index (χ0) is 17.9. The highest BCUT2D eigenvalue weighted by Crippen LogP contribution is 2.11. The van der Waals surface area contributed by atoms with Crippen molar-refractivity contribution in [2.45, 2.75) is 33.2 Å². The van der Waals surface area contributed by atoms with Crippen molar-refractivity contribution in [3.63, 3.8) is 0 Å². The van der Waals surface area contributed by atoms with Gasteiger partial charge in [-0.3, -0.25) is 0 Å². The number of benzene rings is 2. The van der Waals surface area contributed by atoms with Crippen LogP contribution in [0.2, 0.25) is 0 Å². The van der Waals surface area contributed by atoms with E-state index in [4.69, 9.17) is 0 Å². The summed E-state index contributed by atoms with van der Waals surface area (Å²) in [4.78, 5) is 14.5. The summed E-state index contributed by atoms with van der Waals surface area (Å²) in [5, 5.41) is 3.03. The minimum Gasteiger partial charge on any atom is -0.338 e. The predicted octanol–water partition coefficient (Wildman–Crippen LogP) is 5.10. The normalized spacial score (nSPS) is 11.2. The Morgan fingerprint density at radius 3 is 2.32 bits per heavy atom. The van der Waals surface area contributed by atoms with Gasteiger partial charge >= 0.3 is 6.03 Å². The number of hydrogen-bond acceptors (Lipinski definition) is 1. The first-order valence-corrected chi connectivity index (χ1v) is 8.98. The largest absolute Gasteiger partial charge is 0.338 e. The fourth-order valence-electron chi connectivity index (χ4n) is 2.67. The Bertz CT molecular complexity index is 665. The van der Waals surface area contributed by atoms with Crippen molar-refractivity contribution in [3.05, 3.63) is 77.4 Å². The van der Waals surface area contributed by atoms with Crippen molar-refractivity contribution in [3.8, 4) is 0 Å². The second kappa shape index (κ2) is 10.3. The van der Waals surface area contributed by atoms with Gasteiger partial charge in [-0.25, -0.2) is 4.79 Å². The van der Waals surface area contributed by atoms with Crippen LogP contribution < -0.4 is 5.32 Å². The van der Waals surface area contributed by atoms with E-state index in [9.17, 15) is 4.79 Å². The van der Waals surface area contributed by atoms with E-state index < -0.39 is 0 Å². The molecule has 0 aliphatic heterocycles. The third-order valence-corrected chi connectivity index (χ3v) is 3.96. The van der Waals surface area contributed by atoms with Gasteiger partial charge in [0.25, 0.3) is 0 Å². The van der Waals surface area contributed by atoms with Gasteiger partial charge in [0.15, 0.2) is 0 Å². The van der Waals surface area contributed by atoms with E-state index in [1.165, 1.54) is 0 Å². The second-order valence-corrected chi connectivity index (χ2v) is 6.33. The van der Waals surface area contributed by atoms with Gasteiger partial charge in [-0.1, -0.05) is 85.7 Å². The van der Waals surface area contributed by atoms with Crippen LogP contribution >= 0.6 is 0 Å². The molecule has 0 radical (unpaired) electrons. The Balaban J connectivity index is 2.07. The Morgan fingerprint density at radius 2 is 1.68 bits per heavy atom. The number of unbranched alkanes of at least 4 members (excludes halogenated alkanes) is 1. The zero-order valence-corrected chi connectivity index (χ0v) is 15.2. The van der Waals surface area contributed by atoms with Crippen LogP contribution in [0.15, 0.2) is 66.2 Å². The maximum absolute atomic E-state index is 12.6. The van der Waals surface area contributed by atoms with E-state index in [1.807, 2.05) is 41.3 Å². The highest BCUT2D eigenvalue weighted by Gasteiger charge is 2.14. The maximum Gasteiger partial charge on any atom is 0.317 e. The van der Waals surface area contributed by atoms with Gasteiger partial charge in [-0.15, -0.1) is 0 Å². The Morgan fingerprint density at radius 1 is 1.04 bits per heavy atom. The SMILES string of the molecule is CCCCNC(=O)N(CC(C)=Cc1ccccc1)Cc1ccccc1. The molecule has 2 aromatic carbocycles. The molecule has 0 aliphatic carbocycles. The van der Waals surface area contributed by atoms with Crippen molar-refractivity contribution in [1.82, 2.24) is 10.2 Å². The number of nitrogens with one attached hydrogen (secondary N) is 1. The van der Waals surface area contributed by atoms with Gasteiger partial charge in [-0.2, -0.15) is 0 Å². The van der Waals surface area contributed by atoms with Crippen LogP contribution in [0.5, 0.6) is 0 Å². The van der Waals surface area contributed by atoms with Crippen LogP contribution in [0, 0.1) is 0 Å². The van der Waals surface area contributed by atoms with Gasteiger partial charge in [0.2, 0.25) is 0 Å². The van der Waals surface area contributed by atoms with Crippen LogP contribution in [0.3, 0.4) is 0 Å². The molecular weight excluding hydrogens is 308 g/mol. The molecule has 0 bridgehead atoms. The lowest BCUT2D eigenvalue weighted by atomic mass is 10.1. The zero-order valence-electron chi connectivity index (χ0n) is 15.2. The highest BCUT2D eigenvalue weighted by atomic mass is 16.2. The molecule has 0 saturated heterocycles. The standard InChI is InChI=1S/C22H28N2O/c1-3-4-15-23-22(25)24(18-21-13-9-6-10-14-21)17-19(2)16-20-11-7-5-8-12-20/h5-14,16H,3-4,15,17-18H2,1-2H3,(H,23,25). The number of carbonyl (C=O) groups excluding carboxylic acids is 1. The number of rotatable bonds is 8. The van der Waals surface area contributed by atoms with E-state index in [0.29, 0.717) is 13.1 Å². The van der Waals surface area contributed by atoms with E-state index in [1.54, 1.807) is 0 Å². The number of urea groups is 1. The average Bonchev–Trinajstić information content (AvgIpc) is 2.63. The molecule has 2 rings (SSSR count). The van der Waals surface area contributed by atoms with Crippen LogP contribution in [0.4, 0.5) is 4.79 Å². The number of carbonyl (C=O) groups is 1. The van der Waals surface area contributed by atoms with Crippen LogP contribution in [0.1, 0.15) is 37.8 Å². The molecule has 0 saturated carbocycles. The molecule has 25 heavy (non-hydrogen) atoms. The molecule has 2 amide bonds. The van der Waals surface area contributed by atoms with Crippen LogP contribution in [0.25, 0.3) is 6.08 Å². The average molecular weight is 336 g/mol. The molecule has 132 valence electrons. The molecule has 0 unspecified atom stereocenters. The summed E-state index contributed by atoms with van der Waals surface area (Å²) in [6.45, 7) is 6.15. The van der Waals surface area contributed by atoms with Crippen molar-refractivity contribution in [2.75, 3.05) is 13.1 Å². The first-order valence-electron chi connectivity index (χ1n) is 8.98. The summed E-state index contributed by atoms with van der Waals surface area (Å²) in [5.41, 5.74) is 3.46. The molecule has 3 heteroatoms. The molecule has 1 N–H and O–H groups in total. The van der Waals surface area contributed by atoms with Gasteiger partial charge in [0, 0.05) is 19.6 Å². The van der Waals surface area contributed by atoms with Gasteiger partial charge in [-0.05, 0) is 24.5 Å². The molecule has 0 fully saturated rings. The second-order valence-electron chi connectivity index (χ2n) is 6.33. The third kappa shape index (κ3) is 6.84. The predicted molar refractivity (Wildman–Crippen MR) is 105 cm³/mol. The molecule has 0 aromatic heterocycles. The molecule has 2 aromatic rings. The van der Waals surface area contributed by atoms with Crippen molar-refractivity contribution >= 4 is 12.1 Å². The van der Waals surface area contributed by atoms with Crippen molar-refractivity contribution in [2.24, 2.45) is 0 Å². The lowest BCUT2D eigenvalue weighted by molar-refractivity contribution is 0.199. The number of hydrogen-bond donors (Lipinski definition) is 1. The topological polar surface area (TPSA) is 32.3 Å². The summed E-state index contributed by atoms with van der Waals surface area (Å²) in [6.07, 6.45) is 4.22. The molecule has 0 aliphatic rings. The first-order chi connectivity index (χ1) is 12.2. The minimum absolute atomic E-state index is 0.00175. The lowest BCUT2D eigenvalue weighted by Crippen LogP contribution is -2.40. The summed E-state index contributed by atoms with van der Waals surface area (Å²) in [6, 6.07) is 20.3. The number of nitrogens with zero attached hydrogens (tertiary/aromatic N) is 1. The molecular formula is C22H28N2O. The number of amides is 2. The fourth-order valence-corrected chi connectivity index (χ4v) is 2.67.